The molecule has 1 atom stereocenters. The second kappa shape index (κ2) is 6.95. The Hall–Kier alpha value is -1.26. The molecule has 0 aromatic heterocycles. The van der Waals surface area contributed by atoms with Crippen molar-refractivity contribution in [3.8, 4) is 5.75 Å². The number of anilines is 1. The number of benzene rings is 1. The summed E-state index contributed by atoms with van der Waals surface area (Å²) in [6, 6.07) is 5.26. The normalized spacial score (nSPS) is 19.2. The summed E-state index contributed by atoms with van der Waals surface area (Å²) in [5.74, 6) is 0.782. The van der Waals surface area contributed by atoms with E-state index in [1.54, 1.807) is 30.2 Å². The Bertz CT molecular complexity index is 479. The van der Waals surface area contributed by atoms with Gasteiger partial charge in [-0.05, 0) is 44.0 Å². The minimum atomic E-state index is -0.104. The van der Waals surface area contributed by atoms with E-state index in [2.05, 4.69) is 12.2 Å². The molecule has 0 aliphatic carbocycles. The van der Waals surface area contributed by atoms with Crippen molar-refractivity contribution in [2.75, 3.05) is 25.1 Å². The Morgan fingerprint density at radius 2 is 2.30 bits per heavy atom. The first kappa shape index (κ1) is 15.1. The first-order chi connectivity index (χ1) is 9.67. The number of nitrogens with zero attached hydrogens (tertiary/aromatic N) is 1. The van der Waals surface area contributed by atoms with Crippen molar-refractivity contribution < 1.29 is 9.53 Å². The number of rotatable bonds is 5. The molecule has 2 rings (SSSR count). The van der Waals surface area contributed by atoms with Crippen molar-refractivity contribution >= 4 is 23.2 Å². The van der Waals surface area contributed by atoms with E-state index in [0.717, 1.165) is 31.5 Å². The molecule has 1 fully saturated rings. The lowest BCUT2D eigenvalue weighted by Gasteiger charge is -2.33. The van der Waals surface area contributed by atoms with Crippen LogP contribution >= 0.6 is 11.6 Å². The van der Waals surface area contributed by atoms with Crippen LogP contribution in [0.2, 0.25) is 5.02 Å². The maximum absolute atomic E-state index is 12.6. The Morgan fingerprint density at radius 3 is 3.00 bits per heavy atom. The highest BCUT2D eigenvalue weighted by Gasteiger charge is 2.30. The van der Waals surface area contributed by atoms with Gasteiger partial charge in [0.1, 0.15) is 5.75 Å². The van der Waals surface area contributed by atoms with Gasteiger partial charge >= 0.3 is 0 Å². The molecule has 1 N–H and O–H groups in total. The molecule has 1 aliphatic heterocycles. The average molecular weight is 297 g/mol. The van der Waals surface area contributed by atoms with Gasteiger partial charge in [0.2, 0.25) is 5.91 Å². The van der Waals surface area contributed by atoms with Crippen LogP contribution in [0, 0.1) is 0 Å². The fourth-order valence-electron chi connectivity index (χ4n) is 2.50. The Morgan fingerprint density at radius 1 is 1.50 bits per heavy atom. The zero-order valence-corrected chi connectivity index (χ0v) is 12.7. The van der Waals surface area contributed by atoms with Crippen molar-refractivity contribution in [3.05, 3.63) is 23.2 Å². The minimum Gasteiger partial charge on any atom is -0.495 e. The van der Waals surface area contributed by atoms with Gasteiger partial charge in [-0.2, -0.15) is 0 Å². The van der Waals surface area contributed by atoms with E-state index in [0.29, 0.717) is 17.3 Å². The van der Waals surface area contributed by atoms with E-state index in [9.17, 15) is 4.79 Å². The van der Waals surface area contributed by atoms with Crippen LogP contribution in [0.5, 0.6) is 5.75 Å². The van der Waals surface area contributed by atoms with E-state index >= 15 is 0 Å². The van der Waals surface area contributed by atoms with Crippen LogP contribution in [0.4, 0.5) is 5.69 Å². The molecule has 20 heavy (non-hydrogen) atoms. The molecule has 5 heteroatoms. The number of piperidine rings is 1. The molecular formula is C15H21ClN2O2. The molecule has 1 saturated heterocycles. The van der Waals surface area contributed by atoms with Gasteiger partial charge in [0.15, 0.2) is 0 Å². The summed E-state index contributed by atoms with van der Waals surface area (Å²) in [6.45, 7) is 3.66. The summed E-state index contributed by atoms with van der Waals surface area (Å²) >= 11 is 6.05. The number of halogens is 1. The third kappa shape index (κ3) is 3.25. The van der Waals surface area contributed by atoms with Gasteiger partial charge in [0.05, 0.1) is 18.8 Å². The maximum Gasteiger partial charge on any atom is 0.244 e. The van der Waals surface area contributed by atoms with Crippen molar-refractivity contribution in [3.63, 3.8) is 0 Å². The van der Waals surface area contributed by atoms with Gasteiger partial charge in [-0.3, -0.25) is 4.79 Å². The Labute approximate surface area is 125 Å². The Kier molecular flexibility index (Phi) is 5.26. The molecule has 1 aromatic rings. The lowest BCUT2D eigenvalue weighted by molar-refractivity contribution is -0.121. The zero-order valence-electron chi connectivity index (χ0n) is 12.0. The summed E-state index contributed by atoms with van der Waals surface area (Å²) in [5.41, 5.74) is 0.757. The fourth-order valence-corrected chi connectivity index (χ4v) is 2.66. The standard InChI is InChI=1S/C15H21ClN2O2/c1-3-8-17-12-5-4-9-18(15(12)19)13-10-11(16)6-7-14(13)20-2/h6-7,10,12,17H,3-5,8-9H2,1-2H3. The first-order valence-electron chi connectivity index (χ1n) is 7.05. The minimum absolute atomic E-state index is 0.102. The molecular weight excluding hydrogens is 276 g/mol. The molecule has 1 unspecified atom stereocenters. The number of carbonyl (C=O) groups is 1. The Balaban J connectivity index is 2.23. The van der Waals surface area contributed by atoms with Crippen LogP contribution < -0.4 is 15.0 Å². The highest BCUT2D eigenvalue weighted by atomic mass is 35.5. The summed E-state index contributed by atoms with van der Waals surface area (Å²) in [7, 11) is 1.61. The molecule has 0 radical (unpaired) electrons. The number of ether oxygens (including phenoxy) is 1. The summed E-state index contributed by atoms with van der Waals surface area (Å²) in [6.07, 6.45) is 2.88. The van der Waals surface area contributed by atoms with Gasteiger partial charge in [-0.15, -0.1) is 0 Å². The van der Waals surface area contributed by atoms with Crippen LogP contribution in [0.15, 0.2) is 18.2 Å². The van der Waals surface area contributed by atoms with Crippen molar-refractivity contribution in [1.82, 2.24) is 5.32 Å². The van der Waals surface area contributed by atoms with Crippen LogP contribution in [-0.2, 0) is 4.79 Å². The largest absolute Gasteiger partial charge is 0.495 e. The van der Waals surface area contributed by atoms with E-state index in [4.69, 9.17) is 16.3 Å². The van der Waals surface area contributed by atoms with E-state index in [-0.39, 0.29) is 11.9 Å². The molecule has 1 aromatic carbocycles. The van der Waals surface area contributed by atoms with Crippen molar-refractivity contribution in [2.24, 2.45) is 0 Å². The van der Waals surface area contributed by atoms with Crippen LogP contribution in [0.3, 0.4) is 0 Å². The van der Waals surface area contributed by atoms with E-state index in [1.807, 2.05) is 0 Å². The van der Waals surface area contributed by atoms with E-state index < -0.39 is 0 Å². The lowest BCUT2D eigenvalue weighted by Crippen LogP contribution is -2.51. The van der Waals surface area contributed by atoms with Gasteiger partial charge in [0, 0.05) is 11.6 Å². The van der Waals surface area contributed by atoms with Crippen molar-refractivity contribution in [1.29, 1.82) is 0 Å². The molecule has 0 saturated carbocycles. The molecule has 0 bridgehead atoms. The highest BCUT2D eigenvalue weighted by molar-refractivity contribution is 6.31. The van der Waals surface area contributed by atoms with Gasteiger partial charge in [0.25, 0.3) is 0 Å². The number of methoxy groups -OCH3 is 1. The molecule has 1 heterocycles. The topological polar surface area (TPSA) is 41.6 Å². The van der Waals surface area contributed by atoms with Crippen LogP contribution in [0.25, 0.3) is 0 Å². The highest BCUT2D eigenvalue weighted by Crippen LogP contribution is 2.33. The quantitative estimate of drug-likeness (QED) is 0.908. The van der Waals surface area contributed by atoms with Crippen LogP contribution in [-0.4, -0.2) is 32.1 Å². The number of nitrogens with one attached hydrogen (secondary N) is 1. The first-order valence-corrected chi connectivity index (χ1v) is 7.43. The lowest BCUT2D eigenvalue weighted by atomic mass is 10.0. The second-order valence-electron chi connectivity index (χ2n) is 4.95. The predicted octanol–water partition coefficient (Wildman–Crippen LogP) is 2.84. The monoisotopic (exact) mass is 296 g/mol. The van der Waals surface area contributed by atoms with Gasteiger partial charge in [-0.1, -0.05) is 18.5 Å². The summed E-state index contributed by atoms with van der Waals surface area (Å²) in [5, 5.41) is 3.92. The third-order valence-electron chi connectivity index (χ3n) is 3.51. The molecule has 110 valence electrons. The predicted molar refractivity (Wildman–Crippen MR) is 81.7 cm³/mol. The molecule has 0 spiro atoms. The number of carbonyl (C=O) groups excluding carboxylic acids is 1. The number of hydrogen-bond donors (Lipinski definition) is 1. The molecule has 1 aliphatic rings. The molecule has 1 amide bonds. The average Bonchev–Trinajstić information content (AvgIpc) is 2.46. The number of amides is 1. The second-order valence-corrected chi connectivity index (χ2v) is 5.39. The van der Waals surface area contributed by atoms with E-state index in [1.165, 1.54) is 0 Å². The maximum atomic E-state index is 12.6. The number of hydrogen-bond acceptors (Lipinski definition) is 3. The smallest absolute Gasteiger partial charge is 0.244 e. The SMILES string of the molecule is CCCNC1CCCN(c2cc(Cl)ccc2OC)C1=O. The molecule has 4 nitrogen and oxygen atoms in total. The van der Waals surface area contributed by atoms with Gasteiger partial charge < -0.3 is 15.0 Å². The zero-order chi connectivity index (χ0) is 14.5. The fraction of sp³-hybridized carbons (Fsp3) is 0.533. The third-order valence-corrected chi connectivity index (χ3v) is 3.75. The van der Waals surface area contributed by atoms with Crippen molar-refractivity contribution in [2.45, 2.75) is 32.2 Å². The summed E-state index contributed by atoms with van der Waals surface area (Å²) in [4.78, 5) is 14.4. The van der Waals surface area contributed by atoms with Crippen LogP contribution in [0.1, 0.15) is 26.2 Å². The van der Waals surface area contributed by atoms with Gasteiger partial charge in [-0.25, -0.2) is 0 Å². The summed E-state index contributed by atoms with van der Waals surface area (Å²) < 4.78 is 5.35.